The van der Waals surface area contributed by atoms with Crippen LogP contribution in [0.1, 0.15) is 46.6 Å². The Morgan fingerprint density at radius 1 is 1.00 bits per heavy atom. The number of rotatable bonds is 6. The third kappa shape index (κ3) is 6.12. The summed E-state index contributed by atoms with van der Waals surface area (Å²) in [5.41, 5.74) is 1.58. The van der Waals surface area contributed by atoms with Gasteiger partial charge in [-0.15, -0.1) is 12.4 Å². The summed E-state index contributed by atoms with van der Waals surface area (Å²) >= 11 is 0. The smallest absolute Gasteiger partial charge is 0.123 e. The van der Waals surface area contributed by atoms with E-state index >= 15 is 0 Å². The molecule has 0 unspecified atom stereocenters. The van der Waals surface area contributed by atoms with Gasteiger partial charge in [-0.2, -0.15) is 0 Å². The van der Waals surface area contributed by atoms with E-state index in [1.807, 2.05) is 12.1 Å². The molecular weight excluding hydrogens is 274 g/mol. The average Bonchev–Trinajstić information content (AvgIpc) is 2.27. The molecule has 0 atom stereocenters. The second-order valence-electron chi connectivity index (χ2n) is 6.84. The van der Waals surface area contributed by atoms with Crippen LogP contribution in [-0.2, 0) is 10.3 Å². The first-order valence-corrected chi connectivity index (χ1v) is 6.80. The fraction of sp³-hybridized carbons (Fsp3) is 0.625. The molecular formula is C16H28ClNO2. The maximum atomic E-state index is 5.77. The molecule has 0 saturated heterocycles. The molecule has 20 heavy (non-hydrogen) atoms. The van der Waals surface area contributed by atoms with Gasteiger partial charge in [-0.05, 0) is 28.9 Å². The van der Waals surface area contributed by atoms with Crippen LogP contribution in [0.3, 0.4) is 0 Å². The van der Waals surface area contributed by atoms with Crippen molar-refractivity contribution in [2.45, 2.75) is 46.5 Å². The number of halogens is 1. The van der Waals surface area contributed by atoms with Crippen LogP contribution in [0.25, 0.3) is 0 Å². The maximum Gasteiger partial charge on any atom is 0.123 e. The Kier molecular flexibility index (Phi) is 7.56. The first kappa shape index (κ1) is 19.2. The van der Waals surface area contributed by atoms with Crippen molar-refractivity contribution in [1.29, 1.82) is 0 Å². The lowest BCUT2D eigenvalue weighted by atomic mass is 9.72. The molecule has 0 aromatic heterocycles. The molecule has 0 amide bonds. The van der Waals surface area contributed by atoms with Crippen molar-refractivity contribution < 1.29 is 9.57 Å². The summed E-state index contributed by atoms with van der Waals surface area (Å²) in [6, 6.07) is 8.21. The van der Waals surface area contributed by atoms with Crippen molar-refractivity contribution in [3.63, 3.8) is 0 Å². The molecule has 0 radical (unpaired) electrons. The molecule has 116 valence electrons. The molecule has 0 bridgehead atoms. The minimum absolute atomic E-state index is 0. The molecule has 1 aromatic rings. The second kappa shape index (κ2) is 7.87. The quantitative estimate of drug-likeness (QED) is 0.636. The van der Waals surface area contributed by atoms with Crippen LogP contribution in [-0.4, -0.2) is 13.2 Å². The Hall–Kier alpha value is -0.770. The summed E-state index contributed by atoms with van der Waals surface area (Å²) < 4.78 is 5.77. The van der Waals surface area contributed by atoms with Crippen molar-refractivity contribution in [1.82, 2.24) is 0 Å². The molecule has 0 fully saturated rings. The van der Waals surface area contributed by atoms with Crippen LogP contribution in [0.2, 0.25) is 0 Å². The minimum Gasteiger partial charge on any atom is -0.491 e. The van der Waals surface area contributed by atoms with Crippen LogP contribution < -0.4 is 10.6 Å². The Labute approximate surface area is 129 Å². The standard InChI is InChI=1S/C16H27NO2.ClH/c1-15(2,3)12-16(4,5)13-8-6-7-9-14(13)18-10-11-19-17;/h6-9H,10-12,17H2,1-5H3;1H. The summed E-state index contributed by atoms with van der Waals surface area (Å²) in [6.07, 6.45) is 1.09. The predicted molar refractivity (Wildman–Crippen MR) is 86.4 cm³/mol. The van der Waals surface area contributed by atoms with Gasteiger partial charge in [0.15, 0.2) is 0 Å². The highest BCUT2D eigenvalue weighted by Gasteiger charge is 2.29. The van der Waals surface area contributed by atoms with E-state index < -0.39 is 0 Å². The molecule has 2 N–H and O–H groups in total. The zero-order valence-electron chi connectivity index (χ0n) is 13.2. The van der Waals surface area contributed by atoms with E-state index in [-0.39, 0.29) is 23.2 Å². The Bertz CT molecular complexity index is 400. The zero-order valence-corrected chi connectivity index (χ0v) is 14.0. The first-order valence-electron chi connectivity index (χ1n) is 6.80. The summed E-state index contributed by atoms with van der Waals surface area (Å²) in [6.45, 7) is 12.2. The SMILES string of the molecule is CC(C)(C)CC(C)(C)c1ccccc1OCCON.Cl. The highest BCUT2D eigenvalue weighted by molar-refractivity contribution is 5.85. The molecule has 0 heterocycles. The van der Waals surface area contributed by atoms with E-state index in [0.717, 1.165) is 12.2 Å². The van der Waals surface area contributed by atoms with Crippen molar-refractivity contribution in [3.8, 4) is 5.75 Å². The van der Waals surface area contributed by atoms with Gasteiger partial charge < -0.3 is 9.57 Å². The van der Waals surface area contributed by atoms with Gasteiger partial charge in [0.1, 0.15) is 19.0 Å². The number of para-hydroxylation sites is 1. The van der Waals surface area contributed by atoms with Crippen molar-refractivity contribution in [2.75, 3.05) is 13.2 Å². The number of hydrogen-bond donors (Lipinski definition) is 1. The lowest BCUT2D eigenvalue weighted by Crippen LogP contribution is -2.25. The van der Waals surface area contributed by atoms with Gasteiger partial charge in [-0.25, -0.2) is 5.90 Å². The van der Waals surface area contributed by atoms with E-state index in [4.69, 9.17) is 10.6 Å². The third-order valence-corrected chi connectivity index (χ3v) is 3.05. The summed E-state index contributed by atoms with van der Waals surface area (Å²) in [5.74, 6) is 5.94. The van der Waals surface area contributed by atoms with Crippen LogP contribution in [0, 0.1) is 5.41 Å². The van der Waals surface area contributed by atoms with E-state index in [1.54, 1.807) is 0 Å². The largest absolute Gasteiger partial charge is 0.491 e. The zero-order chi connectivity index (χ0) is 14.5. The van der Waals surface area contributed by atoms with Gasteiger partial charge in [0.25, 0.3) is 0 Å². The Morgan fingerprint density at radius 3 is 2.15 bits per heavy atom. The van der Waals surface area contributed by atoms with Gasteiger partial charge in [0.2, 0.25) is 0 Å². The molecule has 3 nitrogen and oxygen atoms in total. The molecule has 1 rings (SSSR count). The van der Waals surface area contributed by atoms with E-state index in [2.05, 4.69) is 51.6 Å². The maximum absolute atomic E-state index is 5.77. The van der Waals surface area contributed by atoms with E-state index in [0.29, 0.717) is 13.2 Å². The molecule has 4 heteroatoms. The molecule has 0 aliphatic carbocycles. The normalized spacial score (nSPS) is 11.9. The number of nitrogens with two attached hydrogens (primary N) is 1. The van der Waals surface area contributed by atoms with Gasteiger partial charge in [0.05, 0.1) is 0 Å². The fourth-order valence-corrected chi connectivity index (χ4v) is 2.77. The van der Waals surface area contributed by atoms with Gasteiger partial charge in [-0.1, -0.05) is 52.8 Å². The van der Waals surface area contributed by atoms with Crippen LogP contribution in [0.15, 0.2) is 24.3 Å². The average molecular weight is 302 g/mol. The van der Waals surface area contributed by atoms with Gasteiger partial charge >= 0.3 is 0 Å². The minimum atomic E-state index is 0. The van der Waals surface area contributed by atoms with E-state index in [1.165, 1.54) is 5.56 Å². The van der Waals surface area contributed by atoms with E-state index in [9.17, 15) is 0 Å². The van der Waals surface area contributed by atoms with Crippen molar-refractivity contribution in [3.05, 3.63) is 29.8 Å². The second-order valence-corrected chi connectivity index (χ2v) is 6.84. The highest BCUT2D eigenvalue weighted by atomic mass is 35.5. The summed E-state index contributed by atoms with van der Waals surface area (Å²) in [4.78, 5) is 4.54. The Balaban J connectivity index is 0.00000361. The molecule has 1 aromatic carbocycles. The molecule has 0 saturated carbocycles. The fourth-order valence-electron chi connectivity index (χ4n) is 2.77. The summed E-state index contributed by atoms with van der Waals surface area (Å²) in [7, 11) is 0. The molecule has 0 aliphatic heterocycles. The topological polar surface area (TPSA) is 44.5 Å². The van der Waals surface area contributed by atoms with Gasteiger partial charge in [-0.3, -0.25) is 0 Å². The highest BCUT2D eigenvalue weighted by Crippen LogP contribution is 2.40. The first-order chi connectivity index (χ1) is 8.76. The molecule has 0 aliphatic rings. The number of benzene rings is 1. The third-order valence-electron chi connectivity index (χ3n) is 3.05. The predicted octanol–water partition coefficient (Wildman–Crippen LogP) is 4.09. The number of hydrogen-bond acceptors (Lipinski definition) is 3. The number of ether oxygens (including phenoxy) is 1. The Morgan fingerprint density at radius 2 is 1.60 bits per heavy atom. The van der Waals surface area contributed by atoms with Crippen molar-refractivity contribution >= 4 is 12.4 Å². The summed E-state index contributed by atoms with van der Waals surface area (Å²) in [5, 5.41) is 0. The lowest BCUT2D eigenvalue weighted by molar-refractivity contribution is 0.101. The van der Waals surface area contributed by atoms with Crippen LogP contribution in [0.4, 0.5) is 0 Å². The van der Waals surface area contributed by atoms with Crippen LogP contribution >= 0.6 is 12.4 Å². The van der Waals surface area contributed by atoms with Crippen LogP contribution in [0.5, 0.6) is 5.75 Å². The monoisotopic (exact) mass is 301 g/mol. The molecule has 0 spiro atoms. The van der Waals surface area contributed by atoms with Gasteiger partial charge in [0, 0.05) is 0 Å². The lowest BCUT2D eigenvalue weighted by Gasteiger charge is -2.34. The van der Waals surface area contributed by atoms with Crippen molar-refractivity contribution in [2.24, 2.45) is 11.3 Å².